The molecule has 1 amide bonds. The second-order valence-corrected chi connectivity index (χ2v) is 7.59. The van der Waals surface area contributed by atoms with Crippen molar-refractivity contribution in [3.63, 3.8) is 0 Å². The van der Waals surface area contributed by atoms with Crippen LogP contribution in [0.3, 0.4) is 0 Å². The first-order chi connectivity index (χ1) is 14.9. The minimum atomic E-state index is -1.01. The molecule has 166 valence electrons. The van der Waals surface area contributed by atoms with Gasteiger partial charge >= 0.3 is 5.97 Å². The number of aliphatic hydroxyl groups is 1. The van der Waals surface area contributed by atoms with Crippen molar-refractivity contribution in [2.24, 2.45) is 0 Å². The van der Waals surface area contributed by atoms with E-state index in [0.717, 1.165) is 24.0 Å². The lowest BCUT2D eigenvalue weighted by molar-refractivity contribution is -0.144. The summed E-state index contributed by atoms with van der Waals surface area (Å²) in [7, 11) is 4.85. The molecule has 2 rings (SSSR count). The molecule has 0 saturated heterocycles. The number of hydrogen-bond donors (Lipinski definition) is 2. The lowest BCUT2D eigenvalue weighted by Crippen LogP contribution is -2.41. The van der Waals surface area contributed by atoms with E-state index in [2.05, 4.69) is 5.32 Å². The average molecular weight is 425 g/mol. The average Bonchev–Trinajstić information content (AvgIpc) is 2.78. The Balaban J connectivity index is 1.97. The van der Waals surface area contributed by atoms with Gasteiger partial charge in [-0.05, 0) is 42.0 Å². The van der Waals surface area contributed by atoms with Crippen LogP contribution in [0.1, 0.15) is 42.2 Å². The van der Waals surface area contributed by atoms with Gasteiger partial charge < -0.3 is 14.7 Å². The molecule has 0 aliphatic carbocycles. The fourth-order valence-electron chi connectivity index (χ4n) is 3.14. The topological polar surface area (TPSA) is 78.9 Å². The van der Waals surface area contributed by atoms with E-state index in [4.69, 9.17) is 4.74 Å². The quantitative estimate of drug-likeness (QED) is 0.329. The van der Waals surface area contributed by atoms with Crippen molar-refractivity contribution in [3.05, 3.63) is 77.4 Å². The summed E-state index contributed by atoms with van der Waals surface area (Å²) < 4.78 is 4.90. The first kappa shape index (κ1) is 24.3. The third-order valence-electron chi connectivity index (χ3n) is 4.92. The monoisotopic (exact) mass is 424 g/mol. The van der Waals surface area contributed by atoms with E-state index < -0.39 is 18.2 Å². The van der Waals surface area contributed by atoms with E-state index >= 15 is 0 Å². The maximum absolute atomic E-state index is 12.2. The number of carbonyl (C=O) groups excluding carboxylic acids is 2. The number of ether oxygens (including phenoxy) is 1. The first-order valence-electron chi connectivity index (χ1n) is 10.4. The number of amides is 1. The lowest BCUT2D eigenvalue weighted by atomic mass is 10.0. The van der Waals surface area contributed by atoms with Crippen molar-refractivity contribution in [2.45, 2.75) is 38.0 Å². The molecule has 2 atom stereocenters. The molecule has 0 saturated carbocycles. The van der Waals surface area contributed by atoms with Crippen LogP contribution in [0.2, 0.25) is 0 Å². The highest BCUT2D eigenvalue weighted by Crippen LogP contribution is 2.16. The SMILES string of the molecule is COC(=O)[C@@H](Cc1ccccc1)NC(O)c1cccc(/C=C\CCCC(=O)N(C)C)c1. The van der Waals surface area contributed by atoms with Crippen LogP contribution < -0.4 is 5.32 Å². The van der Waals surface area contributed by atoms with Crippen LogP contribution in [-0.4, -0.2) is 49.1 Å². The van der Waals surface area contributed by atoms with Gasteiger partial charge in [-0.1, -0.05) is 60.7 Å². The van der Waals surface area contributed by atoms with Gasteiger partial charge in [0.2, 0.25) is 5.91 Å². The summed E-state index contributed by atoms with van der Waals surface area (Å²) in [4.78, 5) is 25.4. The minimum absolute atomic E-state index is 0.125. The van der Waals surface area contributed by atoms with Gasteiger partial charge in [-0.15, -0.1) is 0 Å². The van der Waals surface area contributed by atoms with E-state index in [1.165, 1.54) is 7.11 Å². The highest BCUT2D eigenvalue weighted by Gasteiger charge is 2.23. The number of nitrogens with zero attached hydrogens (tertiary/aromatic N) is 1. The number of aliphatic hydroxyl groups excluding tert-OH is 1. The predicted octanol–water partition coefficient (Wildman–Crippen LogP) is 3.32. The summed E-state index contributed by atoms with van der Waals surface area (Å²) in [5.74, 6) is -0.300. The Labute approximate surface area is 184 Å². The van der Waals surface area contributed by atoms with E-state index in [0.29, 0.717) is 18.4 Å². The van der Waals surface area contributed by atoms with E-state index in [9.17, 15) is 14.7 Å². The van der Waals surface area contributed by atoms with Crippen molar-refractivity contribution < 1.29 is 19.4 Å². The van der Waals surface area contributed by atoms with Crippen LogP contribution in [0.5, 0.6) is 0 Å². The molecule has 0 aromatic heterocycles. The molecule has 0 aliphatic rings. The molecular formula is C25H32N2O4. The fourth-order valence-corrected chi connectivity index (χ4v) is 3.14. The Morgan fingerprint density at radius 2 is 1.87 bits per heavy atom. The van der Waals surface area contributed by atoms with Gasteiger partial charge in [0.1, 0.15) is 12.3 Å². The number of hydrogen-bond acceptors (Lipinski definition) is 5. The Morgan fingerprint density at radius 3 is 2.55 bits per heavy atom. The zero-order valence-electron chi connectivity index (χ0n) is 18.5. The van der Waals surface area contributed by atoms with Gasteiger partial charge in [0, 0.05) is 20.5 Å². The Kier molecular flexibility index (Phi) is 9.94. The molecule has 0 aliphatic heterocycles. The number of methoxy groups -OCH3 is 1. The largest absolute Gasteiger partial charge is 0.468 e. The summed E-state index contributed by atoms with van der Waals surface area (Å²) in [5.41, 5.74) is 2.57. The van der Waals surface area contributed by atoms with Gasteiger partial charge in [0.05, 0.1) is 7.11 Å². The molecule has 2 N–H and O–H groups in total. The summed E-state index contributed by atoms with van der Waals surface area (Å²) in [5, 5.41) is 13.6. The summed E-state index contributed by atoms with van der Waals surface area (Å²) in [6.07, 6.45) is 5.50. The van der Waals surface area contributed by atoms with Crippen molar-refractivity contribution in [1.29, 1.82) is 0 Å². The zero-order valence-corrected chi connectivity index (χ0v) is 18.5. The zero-order chi connectivity index (χ0) is 22.6. The molecule has 0 fully saturated rings. The number of carbonyl (C=O) groups is 2. The maximum Gasteiger partial charge on any atom is 0.323 e. The highest BCUT2D eigenvalue weighted by molar-refractivity contribution is 5.76. The van der Waals surface area contributed by atoms with Gasteiger partial charge in [-0.25, -0.2) is 0 Å². The summed E-state index contributed by atoms with van der Waals surface area (Å²) >= 11 is 0. The highest BCUT2D eigenvalue weighted by atomic mass is 16.5. The normalized spacial score (nSPS) is 13.0. The van der Waals surface area contributed by atoms with Gasteiger partial charge in [0.25, 0.3) is 0 Å². The summed E-state index contributed by atoms with van der Waals surface area (Å²) in [6.45, 7) is 0. The number of nitrogens with one attached hydrogen (secondary N) is 1. The Bertz CT molecular complexity index is 865. The second-order valence-electron chi connectivity index (χ2n) is 7.59. The van der Waals surface area contributed by atoms with Gasteiger partial charge in [-0.2, -0.15) is 0 Å². The number of esters is 1. The molecule has 31 heavy (non-hydrogen) atoms. The molecule has 0 radical (unpaired) electrons. The van der Waals surface area contributed by atoms with Crippen LogP contribution in [0.25, 0.3) is 6.08 Å². The molecule has 0 heterocycles. The van der Waals surface area contributed by atoms with E-state index in [1.807, 2.05) is 66.7 Å². The predicted molar refractivity (Wildman–Crippen MR) is 122 cm³/mol. The number of benzene rings is 2. The summed E-state index contributed by atoms with van der Waals surface area (Å²) in [6, 6.07) is 16.4. The first-order valence-corrected chi connectivity index (χ1v) is 10.4. The lowest BCUT2D eigenvalue weighted by Gasteiger charge is -2.21. The number of allylic oxidation sites excluding steroid dienone is 1. The van der Waals surface area contributed by atoms with Crippen LogP contribution in [0.15, 0.2) is 60.7 Å². The standard InChI is InChI=1S/C25H32N2O4/c1-27(2)23(28)16-9-5-8-11-19-14-10-15-21(17-19)24(29)26-22(25(30)31-3)18-20-12-6-4-7-13-20/h4,6-8,10-15,17,22,24,26,29H,5,9,16,18H2,1-3H3/b11-8-/t22-,24?/m1/s1. The molecule has 6 heteroatoms. The van der Waals surface area contributed by atoms with Gasteiger partial charge in [0.15, 0.2) is 0 Å². The molecule has 2 aromatic rings. The third-order valence-corrected chi connectivity index (χ3v) is 4.92. The molecule has 2 aromatic carbocycles. The smallest absolute Gasteiger partial charge is 0.323 e. The number of rotatable bonds is 11. The van der Waals surface area contributed by atoms with E-state index in [1.54, 1.807) is 19.0 Å². The number of unbranched alkanes of at least 4 members (excludes halogenated alkanes) is 1. The van der Waals surface area contributed by atoms with Crippen molar-refractivity contribution in [2.75, 3.05) is 21.2 Å². The molecule has 0 spiro atoms. The van der Waals surface area contributed by atoms with Crippen molar-refractivity contribution in [1.82, 2.24) is 10.2 Å². The van der Waals surface area contributed by atoms with Crippen LogP contribution in [0, 0.1) is 0 Å². The second kappa shape index (κ2) is 12.7. The van der Waals surface area contributed by atoms with Crippen molar-refractivity contribution >= 4 is 18.0 Å². The Morgan fingerprint density at radius 1 is 1.13 bits per heavy atom. The van der Waals surface area contributed by atoms with Crippen LogP contribution in [0.4, 0.5) is 0 Å². The molecule has 0 bridgehead atoms. The van der Waals surface area contributed by atoms with E-state index in [-0.39, 0.29) is 5.91 Å². The van der Waals surface area contributed by atoms with Gasteiger partial charge in [-0.3, -0.25) is 14.9 Å². The third kappa shape index (κ3) is 8.36. The fraction of sp³-hybridized carbons (Fsp3) is 0.360. The maximum atomic E-state index is 12.2. The van der Waals surface area contributed by atoms with Crippen LogP contribution in [-0.2, 0) is 20.7 Å². The molecular weight excluding hydrogens is 392 g/mol. The van der Waals surface area contributed by atoms with Crippen molar-refractivity contribution in [3.8, 4) is 0 Å². The molecule has 6 nitrogen and oxygen atoms in total. The minimum Gasteiger partial charge on any atom is -0.468 e. The van der Waals surface area contributed by atoms with Crippen LogP contribution >= 0.6 is 0 Å². The Hall–Kier alpha value is -2.96. The molecule has 1 unspecified atom stereocenters.